The van der Waals surface area contributed by atoms with Crippen molar-refractivity contribution in [1.82, 2.24) is 15.5 Å². The zero-order valence-electron chi connectivity index (χ0n) is 14.9. The summed E-state index contributed by atoms with van der Waals surface area (Å²) in [5, 5.41) is 5.00. The fourth-order valence-electron chi connectivity index (χ4n) is 2.85. The second-order valence-corrected chi connectivity index (χ2v) is 6.50. The number of anilines is 1. The molecule has 1 aromatic carbocycles. The maximum absolute atomic E-state index is 12.2. The number of rotatable bonds is 5. The van der Waals surface area contributed by atoms with E-state index >= 15 is 0 Å². The Bertz CT molecular complexity index is 682. The lowest BCUT2D eigenvalue weighted by Gasteiger charge is -2.36. The lowest BCUT2D eigenvalue weighted by molar-refractivity contribution is -0.140. The molecule has 1 saturated heterocycles. The molecule has 0 atom stereocenters. The van der Waals surface area contributed by atoms with Crippen molar-refractivity contribution < 1.29 is 19.1 Å². The second-order valence-electron chi connectivity index (χ2n) is 6.50. The molecule has 2 N–H and O–H groups in total. The Morgan fingerprint density at radius 3 is 2.50 bits per heavy atom. The first-order valence-corrected chi connectivity index (χ1v) is 8.82. The highest BCUT2D eigenvalue weighted by molar-refractivity contribution is 6.35. The molecular weight excluding hydrogens is 336 g/mol. The first-order valence-electron chi connectivity index (χ1n) is 8.82. The molecule has 2 fully saturated rings. The van der Waals surface area contributed by atoms with Crippen molar-refractivity contribution in [1.29, 1.82) is 0 Å². The molecule has 1 aliphatic carbocycles. The van der Waals surface area contributed by atoms with Crippen LogP contribution in [0, 0.1) is 0 Å². The third-order valence-electron chi connectivity index (χ3n) is 4.57. The minimum absolute atomic E-state index is 0.119. The highest BCUT2D eigenvalue weighted by Gasteiger charge is 2.27. The number of benzene rings is 1. The normalized spacial score (nSPS) is 16.8. The number of hydrogen-bond donors (Lipinski definition) is 2. The Balaban J connectivity index is 1.42. The third-order valence-corrected chi connectivity index (χ3v) is 4.57. The van der Waals surface area contributed by atoms with Gasteiger partial charge in [-0.3, -0.25) is 14.4 Å². The molecule has 8 heteroatoms. The summed E-state index contributed by atoms with van der Waals surface area (Å²) in [5.74, 6) is -0.792. The Labute approximate surface area is 152 Å². The van der Waals surface area contributed by atoms with Gasteiger partial charge in [0.25, 0.3) is 0 Å². The topological polar surface area (TPSA) is 91.0 Å². The molecule has 8 nitrogen and oxygen atoms in total. The Kier molecular flexibility index (Phi) is 5.60. The summed E-state index contributed by atoms with van der Waals surface area (Å²) < 4.78 is 5.24. The van der Waals surface area contributed by atoms with Gasteiger partial charge >= 0.3 is 11.8 Å². The zero-order chi connectivity index (χ0) is 18.5. The van der Waals surface area contributed by atoms with Gasteiger partial charge < -0.3 is 25.2 Å². The Morgan fingerprint density at radius 2 is 1.85 bits per heavy atom. The fraction of sp³-hybridized carbons (Fsp3) is 0.500. The highest BCUT2D eigenvalue weighted by atomic mass is 16.5. The van der Waals surface area contributed by atoms with E-state index in [1.807, 2.05) is 24.3 Å². The van der Waals surface area contributed by atoms with Crippen molar-refractivity contribution in [3.05, 3.63) is 24.3 Å². The average Bonchev–Trinajstić information content (AvgIpc) is 3.50. The van der Waals surface area contributed by atoms with E-state index in [4.69, 9.17) is 4.74 Å². The number of nitrogens with zero attached hydrogens (tertiary/aromatic N) is 2. The quantitative estimate of drug-likeness (QED) is 0.706. The third kappa shape index (κ3) is 4.65. The smallest absolute Gasteiger partial charge is 0.309 e. The van der Waals surface area contributed by atoms with Crippen LogP contribution in [0.2, 0.25) is 0 Å². The van der Waals surface area contributed by atoms with Crippen molar-refractivity contribution in [3.63, 3.8) is 0 Å². The van der Waals surface area contributed by atoms with Crippen LogP contribution < -0.4 is 20.3 Å². The van der Waals surface area contributed by atoms with E-state index in [1.165, 1.54) is 0 Å². The number of hydrogen-bond acceptors (Lipinski definition) is 5. The van der Waals surface area contributed by atoms with Crippen molar-refractivity contribution in [3.8, 4) is 5.75 Å². The largest absolute Gasteiger partial charge is 0.497 e. The molecule has 3 amide bonds. The van der Waals surface area contributed by atoms with Crippen LogP contribution in [0.1, 0.15) is 12.8 Å². The van der Waals surface area contributed by atoms with Gasteiger partial charge in [0, 0.05) is 44.0 Å². The molecule has 0 spiro atoms. The van der Waals surface area contributed by atoms with Gasteiger partial charge in [-0.15, -0.1) is 0 Å². The second kappa shape index (κ2) is 8.07. The number of piperazine rings is 1. The minimum atomic E-state index is -0.750. The number of methoxy groups -OCH3 is 1. The van der Waals surface area contributed by atoms with Crippen LogP contribution in [-0.4, -0.2) is 68.5 Å². The molecular formula is C18H24N4O4. The summed E-state index contributed by atoms with van der Waals surface area (Å²) in [6.45, 7) is 2.39. The van der Waals surface area contributed by atoms with E-state index in [0.717, 1.165) is 24.3 Å². The number of carbonyl (C=O) groups is 3. The monoisotopic (exact) mass is 360 g/mol. The van der Waals surface area contributed by atoms with Gasteiger partial charge in [-0.2, -0.15) is 0 Å². The minimum Gasteiger partial charge on any atom is -0.497 e. The molecule has 140 valence electrons. The van der Waals surface area contributed by atoms with E-state index in [9.17, 15) is 14.4 Å². The summed E-state index contributed by atoms with van der Waals surface area (Å²) >= 11 is 0. The van der Waals surface area contributed by atoms with Crippen molar-refractivity contribution in [2.24, 2.45) is 0 Å². The molecule has 26 heavy (non-hydrogen) atoms. The molecule has 1 aliphatic heterocycles. The summed E-state index contributed by atoms with van der Waals surface area (Å²) in [6, 6.07) is 7.93. The van der Waals surface area contributed by atoms with E-state index in [-0.39, 0.29) is 18.5 Å². The maximum Gasteiger partial charge on any atom is 0.309 e. The van der Waals surface area contributed by atoms with Gasteiger partial charge in [0.1, 0.15) is 5.75 Å². The molecule has 0 bridgehead atoms. The molecule has 3 rings (SSSR count). The van der Waals surface area contributed by atoms with Crippen LogP contribution in [0.25, 0.3) is 0 Å². The summed E-state index contributed by atoms with van der Waals surface area (Å²) in [6.07, 6.45) is 1.82. The van der Waals surface area contributed by atoms with Crippen LogP contribution in [0.3, 0.4) is 0 Å². The van der Waals surface area contributed by atoms with E-state index in [2.05, 4.69) is 15.5 Å². The van der Waals surface area contributed by atoms with Gasteiger partial charge in [-0.1, -0.05) is 6.07 Å². The van der Waals surface area contributed by atoms with Crippen LogP contribution in [0.4, 0.5) is 5.69 Å². The predicted octanol–water partition coefficient (Wildman–Crippen LogP) is -0.261. The Morgan fingerprint density at radius 1 is 1.12 bits per heavy atom. The molecule has 0 radical (unpaired) electrons. The summed E-state index contributed by atoms with van der Waals surface area (Å²) in [4.78, 5) is 39.4. The standard InChI is InChI=1S/C18H24N4O4/c1-26-15-4-2-3-14(11-15)21-7-9-22(10-8-21)16(23)12-19-17(24)18(25)20-13-5-6-13/h2-4,11,13H,5-10,12H2,1H3,(H,19,24)(H,20,25). The highest BCUT2D eigenvalue weighted by Crippen LogP contribution is 2.22. The van der Waals surface area contributed by atoms with Crippen molar-refractivity contribution in [2.75, 3.05) is 44.7 Å². The molecule has 0 unspecified atom stereocenters. The number of nitrogens with one attached hydrogen (secondary N) is 2. The van der Waals surface area contributed by atoms with Gasteiger partial charge in [-0.05, 0) is 25.0 Å². The van der Waals surface area contributed by atoms with Crippen molar-refractivity contribution in [2.45, 2.75) is 18.9 Å². The van der Waals surface area contributed by atoms with Crippen molar-refractivity contribution >= 4 is 23.4 Å². The van der Waals surface area contributed by atoms with E-state index in [1.54, 1.807) is 12.0 Å². The molecule has 1 saturated carbocycles. The SMILES string of the molecule is COc1cccc(N2CCN(C(=O)CNC(=O)C(=O)NC3CC3)CC2)c1. The molecule has 1 aromatic rings. The number of carbonyl (C=O) groups excluding carboxylic acids is 3. The summed E-state index contributed by atoms with van der Waals surface area (Å²) in [7, 11) is 1.63. The zero-order valence-corrected chi connectivity index (χ0v) is 14.9. The van der Waals surface area contributed by atoms with Gasteiger partial charge in [0.15, 0.2) is 0 Å². The summed E-state index contributed by atoms with van der Waals surface area (Å²) in [5.41, 5.74) is 1.06. The molecule has 1 heterocycles. The van der Waals surface area contributed by atoms with E-state index < -0.39 is 11.8 Å². The maximum atomic E-state index is 12.2. The van der Waals surface area contributed by atoms with Gasteiger partial charge in [0.2, 0.25) is 5.91 Å². The number of ether oxygens (including phenoxy) is 1. The molecule has 2 aliphatic rings. The Hall–Kier alpha value is -2.77. The van der Waals surface area contributed by atoms with Gasteiger partial charge in [0.05, 0.1) is 13.7 Å². The predicted molar refractivity (Wildman–Crippen MR) is 96.0 cm³/mol. The first-order chi connectivity index (χ1) is 12.6. The van der Waals surface area contributed by atoms with Crippen LogP contribution in [-0.2, 0) is 14.4 Å². The average molecular weight is 360 g/mol. The van der Waals surface area contributed by atoms with E-state index in [0.29, 0.717) is 26.2 Å². The molecule has 0 aromatic heterocycles. The first kappa shape index (κ1) is 18.0. The lowest BCUT2D eigenvalue weighted by atomic mass is 10.2. The van der Waals surface area contributed by atoms with Crippen LogP contribution in [0.15, 0.2) is 24.3 Å². The van der Waals surface area contributed by atoms with Crippen LogP contribution >= 0.6 is 0 Å². The van der Waals surface area contributed by atoms with Crippen LogP contribution in [0.5, 0.6) is 5.75 Å². The fourth-order valence-corrected chi connectivity index (χ4v) is 2.85. The number of amides is 3. The lowest BCUT2D eigenvalue weighted by Crippen LogP contribution is -2.52. The van der Waals surface area contributed by atoms with Gasteiger partial charge in [-0.25, -0.2) is 0 Å².